The lowest BCUT2D eigenvalue weighted by Crippen LogP contribution is -2.37. The maximum atomic E-state index is 14.2. The van der Waals surface area contributed by atoms with Crippen molar-refractivity contribution in [2.45, 2.75) is 32.9 Å². The standard InChI is InChI=1S/C16H26FN3O/c1-16(2,3)18-10-12-8-7-9-13(17)15(12)20(6)11-14(21)19(4)5/h7-9,18H,10-11H2,1-6H3. The van der Waals surface area contributed by atoms with Crippen LogP contribution >= 0.6 is 0 Å². The average molecular weight is 295 g/mol. The molecule has 0 saturated carbocycles. The first-order valence-corrected chi connectivity index (χ1v) is 7.05. The smallest absolute Gasteiger partial charge is 0.241 e. The molecule has 1 amide bonds. The maximum Gasteiger partial charge on any atom is 0.241 e. The molecule has 0 bridgehead atoms. The van der Waals surface area contributed by atoms with Crippen LogP contribution in [0, 0.1) is 5.82 Å². The largest absolute Gasteiger partial charge is 0.363 e. The summed E-state index contributed by atoms with van der Waals surface area (Å²) in [7, 11) is 5.12. The van der Waals surface area contributed by atoms with Crippen LogP contribution in [0.4, 0.5) is 10.1 Å². The van der Waals surface area contributed by atoms with Crippen molar-refractivity contribution in [3.63, 3.8) is 0 Å². The van der Waals surface area contributed by atoms with Crippen LogP contribution in [0.15, 0.2) is 18.2 Å². The highest BCUT2D eigenvalue weighted by atomic mass is 19.1. The number of likely N-dealkylation sites (N-methyl/N-ethyl adjacent to an activating group) is 2. The van der Waals surface area contributed by atoms with Crippen LogP contribution in [0.3, 0.4) is 0 Å². The summed E-state index contributed by atoms with van der Waals surface area (Å²) in [5, 5.41) is 3.35. The van der Waals surface area contributed by atoms with Crippen molar-refractivity contribution in [1.29, 1.82) is 0 Å². The fourth-order valence-electron chi connectivity index (χ4n) is 1.91. The van der Waals surface area contributed by atoms with Gasteiger partial charge in [-0.05, 0) is 32.4 Å². The Bertz CT molecular complexity index is 495. The average Bonchev–Trinajstić information content (AvgIpc) is 2.34. The third-order valence-electron chi connectivity index (χ3n) is 3.13. The Kier molecular flexibility index (Phi) is 5.72. The first kappa shape index (κ1) is 17.4. The predicted octanol–water partition coefficient (Wildman–Crippen LogP) is 2.24. The van der Waals surface area contributed by atoms with E-state index in [-0.39, 0.29) is 23.8 Å². The molecular formula is C16H26FN3O. The molecule has 0 spiro atoms. The van der Waals surface area contributed by atoms with E-state index in [9.17, 15) is 9.18 Å². The van der Waals surface area contributed by atoms with Crippen LogP contribution in [-0.4, -0.2) is 44.0 Å². The number of hydrogen-bond acceptors (Lipinski definition) is 3. The van der Waals surface area contributed by atoms with E-state index in [0.717, 1.165) is 5.56 Å². The number of anilines is 1. The Hall–Kier alpha value is -1.62. The highest BCUT2D eigenvalue weighted by Crippen LogP contribution is 2.24. The molecule has 1 N–H and O–H groups in total. The molecule has 118 valence electrons. The zero-order chi connectivity index (χ0) is 16.2. The number of carbonyl (C=O) groups is 1. The van der Waals surface area contributed by atoms with Crippen molar-refractivity contribution in [3.05, 3.63) is 29.6 Å². The first-order valence-electron chi connectivity index (χ1n) is 7.05. The summed E-state index contributed by atoms with van der Waals surface area (Å²) in [4.78, 5) is 15.0. The predicted molar refractivity (Wildman–Crippen MR) is 85.0 cm³/mol. The Labute approximate surface area is 126 Å². The third-order valence-corrected chi connectivity index (χ3v) is 3.13. The summed E-state index contributed by atoms with van der Waals surface area (Å²) in [5.74, 6) is -0.368. The van der Waals surface area contributed by atoms with Gasteiger partial charge < -0.3 is 15.1 Å². The zero-order valence-electron chi connectivity index (χ0n) is 13.8. The molecule has 1 rings (SSSR count). The molecule has 0 aliphatic carbocycles. The quantitative estimate of drug-likeness (QED) is 0.905. The number of benzene rings is 1. The molecule has 0 fully saturated rings. The van der Waals surface area contributed by atoms with Crippen LogP contribution in [0.25, 0.3) is 0 Å². The van der Waals surface area contributed by atoms with Crippen LogP contribution in [-0.2, 0) is 11.3 Å². The minimum atomic E-state index is -0.308. The molecular weight excluding hydrogens is 269 g/mol. The van der Waals surface area contributed by atoms with Crippen molar-refractivity contribution in [2.24, 2.45) is 0 Å². The van der Waals surface area contributed by atoms with Crippen LogP contribution in [0.5, 0.6) is 0 Å². The molecule has 0 unspecified atom stereocenters. The highest BCUT2D eigenvalue weighted by molar-refractivity contribution is 5.81. The van der Waals surface area contributed by atoms with Crippen LogP contribution in [0.2, 0.25) is 0 Å². The number of nitrogens with zero attached hydrogens (tertiary/aromatic N) is 2. The Morgan fingerprint density at radius 1 is 1.24 bits per heavy atom. The van der Waals surface area contributed by atoms with Gasteiger partial charge in [0, 0.05) is 33.2 Å². The number of carbonyl (C=O) groups excluding carboxylic acids is 1. The molecule has 4 nitrogen and oxygen atoms in total. The molecule has 21 heavy (non-hydrogen) atoms. The van der Waals surface area contributed by atoms with Crippen molar-refractivity contribution in [2.75, 3.05) is 32.6 Å². The van der Waals surface area contributed by atoms with Gasteiger partial charge in [-0.25, -0.2) is 4.39 Å². The highest BCUT2D eigenvalue weighted by Gasteiger charge is 2.18. The number of nitrogens with one attached hydrogen (secondary N) is 1. The molecule has 0 aromatic heterocycles. The van der Waals surface area contributed by atoms with Gasteiger partial charge in [-0.1, -0.05) is 12.1 Å². The van der Waals surface area contributed by atoms with Gasteiger partial charge >= 0.3 is 0 Å². The van der Waals surface area contributed by atoms with E-state index in [1.807, 2.05) is 6.07 Å². The Morgan fingerprint density at radius 3 is 2.38 bits per heavy atom. The Balaban J connectivity index is 2.96. The number of amides is 1. The molecule has 0 aliphatic heterocycles. The number of halogens is 1. The molecule has 1 aromatic carbocycles. The summed E-state index contributed by atoms with van der Waals surface area (Å²) in [6.45, 7) is 6.88. The second-order valence-electron chi connectivity index (χ2n) is 6.50. The van der Waals surface area contributed by atoms with Gasteiger partial charge in [-0.3, -0.25) is 4.79 Å². The van der Waals surface area contributed by atoms with E-state index in [0.29, 0.717) is 12.2 Å². The first-order chi connectivity index (χ1) is 9.61. The molecule has 0 radical (unpaired) electrons. The lowest BCUT2D eigenvalue weighted by atomic mass is 10.1. The topological polar surface area (TPSA) is 35.6 Å². The minimum absolute atomic E-state index is 0.0540. The molecule has 1 aromatic rings. The van der Waals surface area contributed by atoms with Gasteiger partial charge in [-0.15, -0.1) is 0 Å². The van der Waals surface area contributed by atoms with Gasteiger partial charge in [0.25, 0.3) is 0 Å². The molecule has 0 aliphatic rings. The monoisotopic (exact) mass is 295 g/mol. The van der Waals surface area contributed by atoms with Crippen molar-refractivity contribution < 1.29 is 9.18 Å². The Morgan fingerprint density at radius 2 is 1.86 bits per heavy atom. The molecule has 0 heterocycles. The van der Waals surface area contributed by atoms with Crippen LogP contribution in [0.1, 0.15) is 26.3 Å². The van der Waals surface area contributed by atoms with Gasteiger partial charge in [0.05, 0.1) is 12.2 Å². The number of rotatable bonds is 5. The fourth-order valence-corrected chi connectivity index (χ4v) is 1.91. The van der Waals surface area contributed by atoms with Crippen LogP contribution < -0.4 is 10.2 Å². The van der Waals surface area contributed by atoms with E-state index in [1.165, 1.54) is 11.0 Å². The van der Waals surface area contributed by atoms with E-state index < -0.39 is 0 Å². The van der Waals surface area contributed by atoms with E-state index in [4.69, 9.17) is 0 Å². The lowest BCUT2D eigenvalue weighted by molar-refractivity contribution is -0.127. The summed E-state index contributed by atoms with van der Waals surface area (Å²) in [5.41, 5.74) is 1.27. The van der Waals surface area contributed by atoms with Gasteiger partial charge in [0.1, 0.15) is 5.82 Å². The number of para-hydroxylation sites is 1. The van der Waals surface area contributed by atoms with Gasteiger partial charge in [0.15, 0.2) is 0 Å². The SMILES string of the molecule is CN(C)C(=O)CN(C)c1c(F)cccc1CNC(C)(C)C. The lowest BCUT2D eigenvalue weighted by Gasteiger charge is -2.26. The minimum Gasteiger partial charge on any atom is -0.363 e. The van der Waals surface area contributed by atoms with Crippen molar-refractivity contribution >= 4 is 11.6 Å². The molecule has 0 saturated heterocycles. The summed E-state index contributed by atoms with van der Waals surface area (Å²) >= 11 is 0. The van der Waals surface area contributed by atoms with Crippen molar-refractivity contribution in [3.8, 4) is 0 Å². The zero-order valence-corrected chi connectivity index (χ0v) is 13.8. The fraction of sp³-hybridized carbons (Fsp3) is 0.562. The summed E-state index contributed by atoms with van der Waals surface area (Å²) < 4.78 is 14.2. The van der Waals surface area contributed by atoms with E-state index in [1.54, 1.807) is 32.1 Å². The number of hydrogen-bond donors (Lipinski definition) is 1. The normalized spacial score (nSPS) is 11.4. The van der Waals surface area contributed by atoms with Gasteiger partial charge in [0.2, 0.25) is 5.91 Å². The second-order valence-corrected chi connectivity index (χ2v) is 6.50. The molecule has 0 atom stereocenters. The third kappa shape index (κ3) is 5.34. The van der Waals surface area contributed by atoms with E-state index in [2.05, 4.69) is 26.1 Å². The van der Waals surface area contributed by atoms with Crippen molar-refractivity contribution in [1.82, 2.24) is 10.2 Å². The molecule has 5 heteroatoms. The summed E-state index contributed by atoms with van der Waals surface area (Å²) in [6.07, 6.45) is 0. The van der Waals surface area contributed by atoms with Gasteiger partial charge in [-0.2, -0.15) is 0 Å². The maximum absolute atomic E-state index is 14.2. The summed E-state index contributed by atoms with van der Waals surface area (Å²) in [6, 6.07) is 5.00. The second kappa shape index (κ2) is 6.89. The van der Waals surface area contributed by atoms with E-state index >= 15 is 0 Å².